The third-order valence-corrected chi connectivity index (χ3v) is 4.95. The Bertz CT molecular complexity index is 151. The van der Waals surface area contributed by atoms with Crippen molar-refractivity contribution in [3.8, 4) is 0 Å². The minimum atomic E-state index is 0.696. The van der Waals surface area contributed by atoms with Crippen LogP contribution in [0.4, 0.5) is 0 Å². The van der Waals surface area contributed by atoms with Crippen LogP contribution in [0.5, 0.6) is 0 Å². The van der Waals surface area contributed by atoms with Gasteiger partial charge in [0.25, 0.3) is 0 Å². The first-order valence-electron chi connectivity index (χ1n) is 5.55. The predicted molar refractivity (Wildman–Crippen MR) is 45.7 cm³/mol. The molecule has 1 nitrogen and oxygen atoms in total. The fraction of sp³-hybridized carbons (Fsp3) is 1.00. The summed E-state index contributed by atoms with van der Waals surface area (Å²) >= 11 is 0. The molecule has 2 saturated heterocycles. The van der Waals surface area contributed by atoms with Gasteiger partial charge < -0.3 is 4.74 Å². The van der Waals surface area contributed by atoms with Crippen molar-refractivity contribution in [2.75, 3.05) is 0 Å². The molecule has 5 fully saturated rings. The first kappa shape index (κ1) is 6.42. The highest BCUT2D eigenvalue weighted by Crippen LogP contribution is 2.58. The Morgan fingerprint density at radius 3 is 1.75 bits per heavy atom. The Morgan fingerprint density at radius 2 is 1.08 bits per heavy atom. The predicted octanol–water partition coefficient (Wildman–Crippen LogP) is 2.21. The minimum absolute atomic E-state index is 0.696. The zero-order chi connectivity index (χ0) is 7.71. The van der Waals surface area contributed by atoms with E-state index >= 15 is 0 Å². The average Bonchev–Trinajstić information content (AvgIpc) is 2.12. The molecule has 6 bridgehead atoms. The summed E-state index contributed by atoms with van der Waals surface area (Å²) in [6.07, 6.45) is 8.76. The summed E-state index contributed by atoms with van der Waals surface area (Å²) in [7, 11) is 0. The fourth-order valence-electron chi connectivity index (χ4n) is 4.47. The summed E-state index contributed by atoms with van der Waals surface area (Å²) in [5, 5.41) is 0. The quantitative estimate of drug-likeness (QED) is 0.533. The topological polar surface area (TPSA) is 9.23 Å². The van der Waals surface area contributed by atoms with Gasteiger partial charge in [-0.05, 0) is 55.8 Å². The van der Waals surface area contributed by atoms with Gasteiger partial charge in [0.2, 0.25) is 0 Å². The van der Waals surface area contributed by atoms with E-state index in [4.69, 9.17) is 4.74 Å². The van der Waals surface area contributed by atoms with Gasteiger partial charge >= 0.3 is 0 Å². The number of rotatable bonds is 0. The molecule has 0 amide bonds. The summed E-state index contributed by atoms with van der Waals surface area (Å²) < 4.78 is 6.11. The maximum atomic E-state index is 6.11. The fourth-order valence-corrected chi connectivity index (χ4v) is 4.47. The molecule has 0 N–H and O–H groups in total. The molecule has 3 aliphatic carbocycles. The van der Waals surface area contributed by atoms with Gasteiger partial charge in [0.05, 0.1) is 12.2 Å². The minimum Gasteiger partial charge on any atom is -0.374 e. The third-order valence-electron chi connectivity index (χ3n) is 4.95. The molecule has 1 heteroatoms. The molecule has 0 aromatic carbocycles. The Hall–Kier alpha value is -0.0400. The van der Waals surface area contributed by atoms with E-state index in [0.717, 1.165) is 23.7 Å². The van der Waals surface area contributed by atoms with Crippen LogP contribution in [-0.4, -0.2) is 12.2 Å². The van der Waals surface area contributed by atoms with E-state index in [2.05, 4.69) is 0 Å². The molecule has 3 saturated carbocycles. The number of hydrogen-bond donors (Lipinski definition) is 0. The highest BCUT2D eigenvalue weighted by Gasteiger charge is 2.54. The summed E-state index contributed by atoms with van der Waals surface area (Å²) in [6, 6.07) is 0. The van der Waals surface area contributed by atoms with Crippen molar-refractivity contribution in [3.63, 3.8) is 0 Å². The molecule has 2 heterocycles. The van der Waals surface area contributed by atoms with Crippen molar-refractivity contribution in [1.29, 1.82) is 0 Å². The lowest BCUT2D eigenvalue weighted by molar-refractivity contribution is -0.227. The van der Waals surface area contributed by atoms with Crippen molar-refractivity contribution >= 4 is 0 Å². The Balaban J connectivity index is 1.82. The maximum absolute atomic E-state index is 6.11. The van der Waals surface area contributed by atoms with E-state index in [0.29, 0.717) is 12.2 Å². The van der Waals surface area contributed by atoms with Gasteiger partial charge in [-0.25, -0.2) is 0 Å². The van der Waals surface area contributed by atoms with Crippen molar-refractivity contribution in [1.82, 2.24) is 0 Å². The Morgan fingerprint density at radius 1 is 0.583 bits per heavy atom. The third kappa shape index (κ3) is 0.618. The van der Waals surface area contributed by atoms with Gasteiger partial charge in [-0.1, -0.05) is 0 Å². The lowest BCUT2D eigenvalue weighted by Gasteiger charge is -2.60. The van der Waals surface area contributed by atoms with Crippen LogP contribution in [0.15, 0.2) is 0 Å². The lowest BCUT2D eigenvalue weighted by Crippen LogP contribution is -2.57. The van der Waals surface area contributed by atoms with E-state index in [-0.39, 0.29) is 0 Å². The van der Waals surface area contributed by atoms with Gasteiger partial charge in [0.15, 0.2) is 0 Å². The van der Waals surface area contributed by atoms with Gasteiger partial charge in [-0.15, -0.1) is 0 Å². The summed E-state index contributed by atoms with van der Waals surface area (Å²) in [6.45, 7) is 0. The largest absolute Gasteiger partial charge is 0.374 e. The van der Waals surface area contributed by atoms with Crippen LogP contribution < -0.4 is 0 Å². The van der Waals surface area contributed by atoms with E-state index in [1.807, 2.05) is 0 Å². The molecule has 12 heavy (non-hydrogen) atoms. The SMILES string of the molecule is C1C2CC3CC1C1CC2CC3O1. The summed E-state index contributed by atoms with van der Waals surface area (Å²) in [4.78, 5) is 0. The van der Waals surface area contributed by atoms with Crippen molar-refractivity contribution in [3.05, 3.63) is 0 Å². The van der Waals surface area contributed by atoms with Crippen molar-refractivity contribution in [2.45, 2.75) is 44.3 Å². The summed E-state index contributed by atoms with van der Waals surface area (Å²) in [5.41, 5.74) is 0. The zero-order valence-corrected chi connectivity index (χ0v) is 7.41. The molecule has 0 spiro atoms. The second-order valence-electron chi connectivity index (χ2n) is 5.43. The Kier molecular flexibility index (Phi) is 1.01. The molecule has 5 aliphatic rings. The monoisotopic (exact) mass is 164 g/mol. The van der Waals surface area contributed by atoms with E-state index in [1.54, 1.807) is 0 Å². The molecule has 0 aromatic heterocycles. The molecule has 4 unspecified atom stereocenters. The average molecular weight is 164 g/mol. The standard InChI is InChI=1S/C11H16O/c1-6-2-9-3-8(1)10-4-7(6)5-11(9)12-10/h6-11H,1-5H2. The molecular weight excluding hydrogens is 148 g/mol. The van der Waals surface area contributed by atoms with Crippen LogP contribution in [0.25, 0.3) is 0 Å². The first-order valence-corrected chi connectivity index (χ1v) is 5.55. The number of hydrogen-bond acceptors (Lipinski definition) is 1. The van der Waals surface area contributed by atoms with Crippen molar-refractivity contribution < 1.29 is 4.74 Å². The highest BCUT2D eigenvalue weighted by atomic mass is 16.5. The van der Waals surface area contributed by atoms with Crippen LogP contribution in [0.3, 0.4) is 0 Å². The van der Waals surface area contributed by atoms with Crippen LogP contribution >= 0.6 is 0 Å². The van der Waals surface area contributed by atoms with Gasteiger partial charge in [0, 0.05) is 0 Å². The molecule has 4 atom stereocenters. The van der Waals surface area contributed by atoms with Crippen LogP contribution in [-0.2, 0) is 4.74 Å². The van der Waals surface area contributed by atoms with Gasteiger partial charge in [-0.3, -0.25) is 0 Å². The second kappa shape index (κ2) is 1.89. The van der Waals surface area contributed by atoms with Gasteiger partial charge in [-0.2, -0.15) is 0 Å². The van der Waals surface area contributed by atoms with Crippen LogP contribution in [0.2, 0.25) is 0 Å². The van der Waals surface area contributed by atoms with E-state index in [9.17, 15) is 0 Å². The van der Waals surface area contributed by atoms with Crippen molar-refractivity contribution in [2.24, 2.45) is 23.7 Å². The lowest BCUT2D eigenvalue weighted by atomic mass is 9.54. The maximum Gasteiger partial charge on any atom is 0.0610 e. The smallest absolute Gasteiger partial charge is 0.0610 e. The number of ether oxygens (including phenoxy) is 1. The second-order valence-corrected chi connectivity index (χ2v) is 5.43. The molecule has 5 rings (SSSR count). The highest BCUT2D eigenvalue weighted by molar-refractivity contribution is 5.03. The van der Waals surface area contributed by atoms with Crippen LogP contribution in [0, 0.1) is 23.7 Å². The molecule has 0 radical (unpaired) electrons. The molecular formula is C11H16O. The molecule has 0 aromatic rings. The van der Waals surface area contributed by atoms with Gasteiger partial charge in [0.1, 0.15) is 0 Å². The first-order chi connectivity index (χ1) is 5.90. The van der Waals surface area contributed by atoms with E-state index in [1.165, 1.54) is 32.1 Å². The van der Waals surface area contributed by atoms with Crippen LogP contribution in [0.1, 0.15) is 32.1 Å². The zero-order valence-electron chi connectivity index (χ0n) is 7.41. The summed E-state index contributed by atoms with van der Waals surface area (Å²) in [5.74, 6) is 4.13. The Labute approximate surface area is 73.5 Å². The normalized spacial score (nSPS) is 66.0. The molecule has 2 aliphatic heterocycles. The van der Waals surface area contributed by atoms with E-state index < -0.39 is 0 Å². The molecule has 66 valence electrons.